The molecule has 0 aromatic heterocycles. The van der Waals surface area contributed by atoms with Gasteiger partial charge in [0.25, 0.3) is 0 Å². The molecule has 6 heteroatoms. The lowest BCUT2D eigenvalue weighted by Crippen LogP contribution is -2.47. The number of anilines is 1. The van der Waals surface area contributed by atoms with E-state index >= 15 is 0 Å². The van der Waals surface area contributed by atoms with Crippen LogP contribution < -0.4 is 10.2 Å². The first-order chi connectivity index (χ1) is 14.0. The molecule has 0 spiro atoms. The lowest BCUT2D eigenvalue weighted by atomic mass is 9.83. The van der Waals surface area contributed by atoms with Gasteiger partial charge in [-0.25, -0.2) is 4.79 Å². The second kappa shape index (κ2) is 8.42. The molecule has 3 rings (SSSR count). The molecule has 1 amide bonds. The predicted octanol–water partition coefficient (Wildman–Crippen LogP) is 3.86. The van der Waals surface area contributed by atoms with Gasteiger partial charge in [-0.1, -0.05) is 32.0 Å². The summed E-state index contributed by atoms with van der Waals surface area (Å²) in [4.78, 5) is 29.1. The third-order valence-electron chi connectivity index (χ3n) is 5.93. The molecule has 2 aliphatic heterocycles. The summed E-state index contributed by atoms with van der Waals surface area (Å²) in [6, 6.07) is 8.42. The minimum absolute atomic E-state index is 0.0963. The third kappa shape index (κ3) is 5.04. The van der Waals surface area contributed by atoms with Crippen LogP contribution in [0.1, 0.15) is 53.0 Å². The molecule has 164 valence electrons. The zero-order chi connectivity index (χ0) is 22.1. The Morgan fingerprint density at radius 2 is 1.83 bits per heavy atom. The van der Waals surface area contributed by atoms with E-state index in [-0.39, 0.29) is 23.3 Å². The van der Waals surface area contributed by atoms with Crippen LogP contribution in [0.15, 0.2) is 36.0 Å². The van der Waals surface area contributed by atoms with Gasteiger partial charge in [0.15, 0.2) is 5.78 Å². The number of ether oxygens (including phenoxy) is 1. The van der Waals surface area contributed by atoms with E-state index in [2.05, 4.69) is 47.2 Å². The Kier molecular flexibility index (Phi) is 6.27. The molecular formula is C24H35N3O3. The van der Waals surface area contributed by atoms with Crippen molar-refractivity contribution in [3.8, 4) is 0 Å². The molecule has 2 heterocycles. The lowest BCUT2D eigenvalue weighted by molar-refractivity contribution is -0.116. The zero-order valence-corrected chi connectivity index (χ0v) is 19.1. The van der Waals surface area contributed by atoms with Crippen molar-refractivity contribution >= 4 is 17.6 Å². The Balaban J connectivity index is 1.54. The minimum atomic E-state index is -0.495. The van der Waals surface area contributed by atoms with Crippen molar-refractivity contribution in [3.63, 3.8) is 0 Å². The first-order valence-electron chi connectivity index (χ1n) is 10.8. The number of rotatable bonds is 4. The fourth-order valence-electron chi connectivity index (χ4n) is 4.39. The molecule has 1 saturated heterocycles. The molecule has 0 bridgehead atoms. The molecule has 0 unspecified atom stereocenters. The fraction of sp³-hybridized carbons (Fsp3) is 0.583. The molecule has 1 N–H and O–H groups in total. The van der Waals surface area contributed by atoms with Crippen molar-refractivity contribution in [2.45, 2.75) is 64.5 Å². The Bertz CT molecular complexity index is 830. The number of allylic oxidation sites excluding steroid dienone is 1. The molecule has 2 aliphatic rings. The molecule has 1 fully saturated rings. The van der Waals surface area contributed by atoms with Gasteiger partial charge in [-0.2, -0.15) is 0 Å². The number of amides is 1. The number of hydrogen-bond acceptors (Lipinski definition) is 5. The maximum Gasteiger partial charge on any atom is 0.407 e. The molecule has 1 aromatic rings. The Labute approximate surface area is 180 Å². The summed E-state index contributed by atoms with van der Waals surface area (Å²) >= 11 is 0. The number of nitrogens with zero attached hydrogens (tertiary/aromatic N) is 2. The number of benzene rings is 1. The highest BCUT2D eigenvalue weighted by Gasteiger charge is 2.38. The molecule has 1 aromatic carbocycles. The number of piperidine rings is 1. The summed E-state index contributed by atoms with van der Waals surface area (Å²) in [5.74, 6) is 0.122. The van der Waals surface area contributed by atoms with Crippen molar-refractivity contribution in [3.05, 3.63) is 41.6 Å². The monoisotopic (exact) mass is 413 g/mol. The molecule has 0 saturated carbocycles. The Morgan fingerprint density at radius 3 is 2.43 bits per heavy atom. The largest absolute Gasteiger partial charge is 0.444 e. The number of alkyl carbamates (subject to hydrolysis) is 1. The first kappa shape index (κ1) is 22.3. The van der Waals surface area contributed by atoms with E-state index in [0.29, 0.717) is 6.54 Å². The SMILES string of the molecule is CN1/C(=C\C(=O)CN2CCC(NC(=O)OC(C)(C)C)CC2)C(C)(C)c2ccccc21. The van der Waals surface area contributed by atoms with Crippen LogP contribution >= 0.6 is 0 Å². The van der Waals surface area contributed by atoms with Gasteiger partial charge in [0, 0.05) is 49.1 Å². The topological polar surface area (TPSA) is 61.9 Å². The van der Waals surface area contributed by atoms with Crippen molar-refractivity contribution < 1.29 is 14.3 Å². The number of likely N-dealkylation sites (tertiary alicyclic amines) is 1. The summed E-state index contributed by atoms with van der Waals surface area (Å²) < 4.78 is 5.33. The van der Waals surface area contributed by atoms with E-state index in [4.69, 9.17) is 4.74 Å². The van der Waals surface area contributed by atoms with Gasteiger partial charge in [0.1, 0.15) is 5.60 Å². The van der Waals surface area contributed by atoms with Gasteiger partial charge in [-0.3, -0.25) is 9.69 Å². The van der Waals surface area contributed by atoms with E-state index in [9.17, 15) is 9.59 Å². The van der Waals surface area contributed by atoms with Crippen LogP contribution in [0.2, 0.25) is 0 Å². The Hall–Kier alpha value is -2.34. The third-order valence-corrected chi connectivity index (χ3v) is 5.93. The lowest BCUT2D eigenvalue weighted by Gasteiger charge is -2.32. The van der Waals surface area contributed by atoms with Crippen LogP contribution in [0.25, 0.3) is 0 Å². The summed E-state index contributed by atoms with van der Waals surface area (Å²) in [7, 11) is 2.03. The number of carbonyl (C=O) groups excluding carboxylic acids is 2. The van der Waals surface area contributed by atoms with E-state index in [0.717, 1.165) is 37.3 Å². The normalized spacial score (nSPS) is 20.9. The second-order valence-electron chi connectivity index (χ2n) is 9.89. The van der Waals surface area contributed by atoms with Gasteiger partial charge < -0.3 is 15.0 Å². The first-order valence-corrected chi connectivity index (χ1v) is 10.8. The molecular weight excluding hydrogens is 378 g/mol. The summed E-state index contributed by atoms with van der Waals surface area (Å²) in [5.41, 5.74) is 2.77. The smallest absolute Gasteiger partial charge is 0.407 e. The number of hydrogen-bond donors (Lipinski definition) is 1. The van der Waals surface area contributed by atoms with Crippen molar-refractivity contribution in [2.75, 3.05) is 31.6 Å². The molecule has 0 aliphatic carbocycles. The van der Waals surface area contributed by atoms with E-state index in [1.807, 2.05) is 40.0 Å². The van der Waals surface area contributed by atoms with Crippen LogP contribution in [0.5, 0.6) is 0 Å². The van der Waals surface area contributed by atoms with Gasteiger partial charge in [-0.15, -0.1) is 0 Å². The molecule has 30 heavy (non-hydrogen) atoms. The number of carbonyl (C=O) groups is 2. The maximum atomic E-state index is 12.8. The number of likely N-dealkylation sites (N-methyl/N-ethyl adjacent to an activating group) is 1. The summed E-state index contributed by atoms with van der Waals surface area (Å²) in [5, 5.41) is 2.94. The standard InChI is InChI=1S/C24H35N3O3/c1-23(2,3)30-22(29)25-17-11-13-27(14-12-17)16-18(28)15-21-24(4,5)19-9-7-8-10-20(19)26(21)6/h7-10,15,17H,11-14,16H2,1-6H3,(H,25,29)/b21-15-. The van der Waals surface area contributed by atoms with Crippen LogP contribution in [0.4, 0.5) is 10.5 Å². The van der Waals surface area contributed by atoms with Crippen LogP contribution in [0.3, 0.4) is 0 Å². The van der Waals surface area contributed by atoms with Crippen LogP contribution in [-0.4, -0.2) is 55.1 Å². The maximum absolute atomic E-state index is 12.8. The molecule has 0 atom stereocenters. The number of ketones is 1. The van der Waals surface area contributed by atoms with Gasteiger partial charge in [0.05, 0.1) is 6.54 Å². The highest BCUT2D eigenvalue weighted by Crippen LogP contribution is 2.46. The van der Waals surface area contributed by atoms with Crippen LogP contribution in [-0.2, 0) is 14.9 Å². The molecule has 6 nitrogen and oxygen atoms in total. The minimum Gasteiger partial charge on any atom is -0.444 e. The average molecular weight is 414 g/mol. The van der Waals surface area contributed by atoms with Gasteiger partial charge in [-0.05, 0) is 45.2 Å². The van der Waals surface area contributed by atoms with E-state index in [1.54, 1.807) is 0 Å². The molecule has 0 radical (unpaired) electrons. The van der Waals surface area contributed by atoms with E-state index in [1.165, 1.54) is 5.56 Å². The quantitative estimate of drug-likeness (QED) is 0.760. The van der Waals surface area contributed by atoms with Gasteiger partial charge in [0.2, 0.25) is 0 Å². The number of fused-ring (bicyclic) bond motifs is 1. The van der Waals surface area contributed by atoms with Crippen molar-refractivity contribution in [2.24, 2.45) is 0 Å². The second-order valence-corrected chi connectivity index (χ2v) is 9.89. The van der Waals surface area contributed by atoms with Crippen molar-refractivity contribution in [1.82, 2.24) is 10.2 Å². The predicted molar refractivity (Wildman–Crippen MR) is 120 cm³/mol. The summed E-state index contributed by atoms with van der Waals surface area (Å²) in [6.07, 6.45) is 3.08. The van der Waals surface area contributed by atoms with E-state index < -0.39 is 5.60 Å². The highest BCUT2D eigenvalue weighted by molar-refractivity contribution is 5.94. The number of para-hydroxylation sites is 1. The summed E-state index contributed by atoms with van der Waals surface area (Å²) in [6.45, 7) is 11.9. The van der Waals surface area contributed by atoms with Gasteiger partial charge >= 0.3 is 6.09 Å². The average Bonchev–Trinajstić information content (AvgIpc) is 2.83. The Morgan fingerprint density at radius 1 is 1.20 bits per heavy atom. The number of nitrogens with one attached hydrogen (secondary N) is 1. The highest BCUT2D eigenvalue weighted by atomic mass is 16.6. The fourth-order valence-corrected chi connectivity index (χ4v) is 4.39. The van der Waals surface area contributed by atoms with Crippen molar-refractivity contribution in [1.29, 1.82) is 0 Å². The zero-order valence-electron chi connectivity index (χ0n) is 19.1. The van der Waals surface area contributed by atoms with Crippen LogP contribution in [0, 0.1) is 0 Å².